The van der Waals surface area contributed by atoms with Crippen LogP contribution in [0.4, 0.5) is 0 Å². The lowest BCUT2D eigenvalue weighted by atomic mass is 9.91. The molecule has 0 bridgehead atoms. The van der Waals surface area contributed by atoms with Crippen molar-refractivity contribution in [3.8, 4) is 0 Å². The van der Waals surface area contributed by atoms with Crippen molar-refractivity contribution in [3.05, 3.63) is 70.8 Å². The monoisotopic (exact) mass is 258 g/mol. The summed E-state index contributed by atoms with van der Waals surface area (Å²) in [5, 5.41) is 0. The lowest BCUT2D eigenvalue weighted by Crippen LogP contribution is -2.06. The number of hydrogen-bond acceptors (Lipinski definition) is 0. The lowest BCUT2D eigenvalue weighted by Gasteiger charge is -2.16. The first kappa shape index (κ1) is 13.2. The van der Waals surface area contributed by atoms with E-state index in [-0.39, 0.29) is 0 Å². The van der Waals surface area contributed by atoms with Gasteiger partial charge in [-0.15, -0.1) is 11.6 Å². The third-order valence-corrected chi connectivity index (χ3v) is 3.80. The molecule has 0 aliphatic heterocycles. The van der Waals surface area contributed by atoms with E-state index in [1.54, 1.807) is 0 Å². The molecule has 0 saturated heterocycles. The van der Waals surface area contributed by atoms with E-state index in [1.165, 1.54) is 22.3 Å². The molecule has 1 atom stereocenters. The SMILES string of the molecule is Cc1cccc(C(CCl)Cc2ccccc2C)c1. The van der Waals surface area contributed by atoms with Gasteiger partial charge in [-0.3, -0.25) is 0 Å². The van der Waals surface area contributed by atoms with Crippen LogP contribution >= 0.6 is 11.6 Å². The summed E-state index contributed by atoms with van der Waals surface area (Å²) in [5.41, 5.74) is 5.38. The molecular formula is C17H19Cl. The van der Waals surface area contributed by atoms with Crippen LogP contribution in [0.5, 0.6) is 0 Å². The fourth-order valence-electron chi connectivity index (χ4n) is 2.29. The van der Waals surface area contributed by atoms with Crippen molar-refractivity contribution >= 4 is 11.6 Å². The van der Waals surface area contributed by atoms with Gasteiger partial charge in [-0.05, 0) is 37.0 Å². The lowest BCUT2D eigenvalue weighted by molar-refractivity contribution is 0.761. The fourth-order valence-corrected chi connectivity index (χ4v) is 2.58. The van der Waals surface area contributed by atoms with Crippen molar-refractivity contribution < 1.29 is 0 Å². The first-order valence-corrected chi connectivity index (χ1v) is 6.91. The normalized spacial score (nSPS) is 12.4. The van der Waals surface area contributed by atoms with E-state index in [0.717, 1.165) is 6.42 Å². The van der Waals surface area contributed by atoms with E-state index in [2.05, 4.69) is 62.4 Å². The van der Waals surface area contributed by atoms with Gasteiger partial charge in [-0.1, -0.05) is 54.1 Å². The summed E-state index contributed by atoms with van der Waals surface area (Å²) < 4.78 is 0. The van der Waals surface area contributed by atoms with Gasteiger partial charge in [0.05, 0.1) is 0 Å². The molecule has 2 rings (SSSR count). The minimum absolute atomic E-state index is 0.396. The average Bonchev–Trinajstić information content (AvgIpc) is 2.38. The molecule has 0 fully saturated rings. The third-order valence-electron chi connectivity index (χ3n) is 3.43. The maximum atomic E-state index is 6.16. The number of rotatable bonds is 4. The maximum Gasteiger partial charge on any atom is 0.0295 e. The zero-order chi connectivity index (χ0) is 13.0. The topological polar surface area (TPSA) is 0 Å². The van der Waals surface area contributed by atoms with Crippen LogP contribution in [0.3, 0.4) is 0 Å². The van der Waals surface area contributed by atoms with Crippen molar-refractivity contribution in [2.75, 3.05) is 5.88 Å². The minimum atomic E-state index is 0.396. The molecule has 0 aliphatic rings. The van der Waals surface area contributed by atoms with E-state index in [4.69, 9.17) is 11.6 Å². The van der Waals surface area contributed by atoms with Gasteiger partial charge >= 0.3 is 0 Å². The third kappa shape index (κ3) is 3.14. The second-order valence-corrected chi connectivity index (χ2v) is 5.20. The summed E-state index contributed by atoms with van der Waals surface area (Å²) in [6, 6.07) is 17.2. The Kier molecular flexibility index (Phi) is 4.43. The van der Waals surface area contributed by atoms with Gasteiger partial charge in [-0.2, -0.15) is 0 Å². The molecule has 2 aromatic carbocycles. The zero-order valence-electron chi connectivity index (χ0n) is 11.0. The summed E-state index contributed by atoms with van der Waals surface area (Å²) in [6.07, 6.45) is 1.01. The van der Waals surface area contributed by atoms with Gasteiger partial charge in [0.2, 0.25) is 0 Å². The molecule has 2 aromatic rings. The van der Waals surface area contributed by atoms with Crippen molar-refractivity contribution in [2.45, 2.75) is 26.2 Å². The summed E-state index contributed by atoms with van der Waals surface area (Å²) in [4.78, 5) is 0. The summed E-state index contributed by atoms with van der Waals surface area (Å²) >= 11 is 6.16. The Hall–Kier alpha value is -1.27. The molecule has 94 valence electrons. The molecule has 0 radical (unpaired) electrons. The highest BCUT2D eigenvalue weighted by Gasteiger charge is 2.12. The Bertz CT molecular complexity index is 517. The molecule has 18 heavy (non-hydrogen) atoms. The molecule has 0 aliphatic carbocycles. The second kappa shape index (κ2) is 6.06. The predicted molar refractivity (Wildman–Crippen MR) is 79.5 cm³/mol. The van der Waals surface area contributed by atoms with Gasteiger partial charge in [0.1, 0.15) is 0 Å². The summed E-state index contributed by atoms with van der Waals surface area (Å²) in [7, 11) is 0. The second-order valence-electron chi connectivity index (χ2n) is 4.90. The van der Waals surface area contributed by atoms with Gasteiger partial charge in [0.25, 0.3) is 0 Å². The Morgan fingerprint density at radius 3 is 2.44 bits per heavy atom. The van der Waals surface area contributed by atoms with Crippen LogP contribution in [0.25, 0.3) is 0 Å². The Balaban J connectivity index is 2.23. The number of benzene rings is 2. The van der Waals surface area contributed by atoms with Crippen molar-refractivity contribution in [1.82, 2.24) is 0 Å². The van der Waals surface area contributed by atoms with Gasteiger partial charge in [0, 0.05) is 11.8 Å². The molecule has 1 heteroatoms. The standard InChI is InChI=1S/C17H19Cl/c1-13-6-5-9-16(10-13)17(12-18)11-15-8-4-3-7-14(15)2/h3-10,17H,11-12H2,1-2H3. The summed E-state index contributed by atoms with van der Waals surface area (Å²) in [5.74, 6) is 1.06. The molecule has 0 amide bonds. The zero-order valence-corrected chi connectivity index (χ0v) is 11.7. The molecule has 0 nitrogen and oxygen atoms in total. The van der Waals surface area contributed by atoms with E-state index in [9.17, 15) is 0 Å². The highest BCUT2D eigenvalue weighted by atomic mass is 35.5. The fraction of sp³-hybridized carbons (Fsp3) is 0.294. The molecular weight excluding hydrogens is 240 g/mol. The van der Waals surface area contributed by atoms with E-state index in [0.29, 0.717) is 11.8 Å². The Labute approximate surface area is 115 Å². The molecule has 0 saturated carbocycles. The number of aryl methyl sites for hydroxylation is 2. The summed E-state index contributed by atoms with van der Waals surface area (Å²) in [6.45, 7) is 4.29. The Morgan fingerprint density at radius 2 is 1.78 bits per heavy atom. The molecule has 0 N–H and O–H groups in total. The Morgan fingerprint density at radius 1 is 1.00 bits per heavy atom. The van der Waals surface area contributed by atoms with Crippen LogP contribution in [0, 0.1) is 13.8 Å². The highest BCUT2D eigenvalue weighted by Crippen LogP contribution is 2.24. The van der Waals surface area contributed by atoms with Crippen LogP contribution in [0.1, 0.15) is 28.2 Å². The largest absolute Gasteiger partial charge is 0.126 e. The molecule has 0 spiro atoms. The number of alkyl halides is 1. The van der Waals surface area contributed by atoms with Crippen molar-refractivity contribution in [2.24, 2.45) is 0 Å². The van der Waals surface area contributed by atoms with E-state index >= 15 is 0 Å². The van der Waals surface area contributed by atoms with Crippen LogP contribution < -0.4 is 0 Å². The number of hydrogen-bond donors (Lipinski definition) is 0. The van der Waals surface area contributed by atoms with Gasteiger partial charge < -0.3 is 0 Å². The number of halogens is 1. The average molecular weight is 259 g/mol. The van der Waals surface area contributed by atoms with Crippen molar-refractivity contribution in [3.63, 3.8) is 0 Å². The predicted octanol–water partition coefficient (Wildman–Crippen LogP) is 4.87. The van der Waals surface area contributed by atoms with Crippen LogP contribution in [0.15, 0.2) is 48.5 Å². The minimum Gasteiger partial charge on any atom is -0.126 e. The van der Waals surface area contributed by atoms with E-state index < -0.39 is 0 Å². The smallest absolute Gasteiger partial charge is 0.0295 e. The van der Waals surface area contributed by atoms with Crippen LogP contribution in [0.2, 0.25) is 0 Å². The van der Waals surface area contributed by atoms with Gasteiger partial charge in [-0.25, -0.2) is 0 Å². The van der Waals surface area contributed by atoms with Crippen LogP contribution in [-0.4, -0.2) is 5.88 Å². The first-order chi connectivity index (χ1) is 8.70. The van der Waals surface area contributed by atoms with E-state index in [1.807, 2.05) is 0 Å². The molecule has 1 unspecified atom stereocenters. The quantitative estimate of drug-likeness (QED) is 0.687. The van der Waals surface area contributed by atoms with Gasteiger partial charge in [0.15, 0.2) is 0 Å². The van der Waals surface area contributed by atoms with Crippen molar-refractivity contribution in [1.29, 1.82) is 0 Å². The molecule has 0 aromatic heterocycles. The van der Waals surface area contributed by atoms with Crippen LogP contribution in [-0.2, 0) is 6.42 Å². The first-order valence-electron chi connectivity index (χ1n) is 6.37. The maximum absolute atomic E-state index is 6.16. The molecule has 0 heterocycles. The highest BCUT2D eigenvalue weighted by molar-refractivity contribution is 6.18.